The number of carbonyl (C=O) groups excluding carboxylic acids is 1. The van der Waals surface area contributed by atoms with E-state index in [1.54, 1.807) is 6.20 Å². The zero-order valence-electron chi connectivity index (χ0n) is 12.0. The smallest absolute Gasteiger partial charge is 0.220 e. The molecule has 1 aromatic heterocycles. The second-order valence-electron chi connectivity index (χ2n) is 4.91. The topological polar surface area (TPSA) is 46.9 Å². The molecule has 4 nitrogen and oxygen atoms in total. The van der Waals surface area contributed by atoms with E-state index in [0.717, 1.165) is 24.2 Å². The molecule has 106 valence electrons. The Balaban J connectivity index is 2.22. The van der Waals surface area contributed by atoms with Crippen molar-refractivity contribution >= 4 is 5.91 Å². The molecule has 0 saturated heterocycles. The van der Waals surface area contributed by atoms with Crippen LogP contribution in [0.2, 0.25) is 0 Å². The SMILES string of the molecule is CCCCC(=O)NC(c1ccccc1)c1nccn1C. The predicted octanol–water partition coefficient (Wildman–Crippen LogP) is 2.82. The molecule has 4 heteroatoms. The number of unbranched alkanes of at least 4 members (excludes halogenated alkanes) is 1. The highest BCUT2D eigenvalue weighted by molar-refractivity contribution is 5.76. The summed E-state index contributed by atoms with van der Waals surface area (Å²) in [5, 5.41) is 3.09. The maximum atomic E-state index is 12.0. The lowest BCUT2D eigenvalue weighted by atomic mass is 10.1. The van der Waals surface area contributed by atoms with Crippen LogP contribution in [-0.2, 0) is 11.8 Å². The Morgan fingerprint density at radius 3 is 2.70 bits per heavy atom. The zero-order chi connectivity index (χ0) is 14.4. The highest BCUT2D eigenvalue weighted by atomic mass is 16.1. The number of nitrogens with zero attached hydrogens (tertiary/aromatic N) is 2. The third-order valence-electron chi connectivity index (χ3n) is 3.31. The zero-order valence-corrected chi connectivity index (χ0v) is 12.0. The minimum absolute atomic E-state index is 0.0729. The number of hydrogen-bond acceptors (Lipinski definition) is 2. The maximum Gasteiger partial charge on any atom is 0.220 e. The Morgan fingerprint density at radius 2 is 2.10 bits per heavy atom. The van der Waals surface area contributed by atoms with Crippen molar-refractivity contribution < 1.29 is 4.79 Å². The summed E-state index contributed by atoms with van der Waals surface area (Å²) in [5.74, 6) is 0.921. The largest absolute Gasteiger partial charge is 0.342 e. The van der Waals surface area contributed by atoms with Crippen molar-refractivity contribution in [3.8, 4) is 0 Å². The molecule has 0 bridgehead atoms. The van der Waals surface area contributed by atoms with Crippen LogP contribution in [0.1, 0.15) is 43.6 Å². The van der Waals surface area contributed by atoms with Crippen molar-refractivity contribution in [1.29, 1.82) is 0 Å². The Hall–Kier alpha value is -2.10. The molecule has 0 saturated carbocycles. The van der Waals surface area contributed by atoms with Gasteiger partial charge in [0.05, 0.1) is 0 Å². The molecule has 20 heavy (non-hydrogen) atoms. The molecule has 0 aliphatic rings. The molecule has 1 unspecified atom stereocenters. The first-order valence-electron chi connectivity index (χ1n) is 7.04. The highest BCUT2D eigenvalue weighted by Crippen LogP contribution is 2.20. The third kappa shape index (κ3) is 3.47. The summed E-state index contributed by atoms with van der Waals surface area (Å²) < 4.78 is 1.94. The second kappa shape index (κ2) is 6.89. The molecule has 0 fully saturated rings. The van der Waals surface area contributed by atoms with Crippen molar-refractivity contribution in [3.05, 3.63) is 54.1 Å². The second-order valence-corrected chi connectivity index (χ2v) is 4.91. The number of rotatable bonds is 6. The van der Waals surface area contributed by atoms with Gasteiger partial charge in [0.1, 0.15) is 11.9 Å². The summed E-state index contributed by atoms with van der Waals surface area (Å²) in [6, 6.07) is 9.75. The molecule has 1 heterocycles. The molecule has 1 N–H and O–H groups in total. The van der Waals surface area contributed by atoms with Crippen molar-refractivity contribution in [3.63, 3.8) is 0 Å². The van der Waals surface area contributed by atoms with Crippen LogP contribution in [0.4, 0.5) is 0 Å². The van der Waals surface area contributed by atoms with Crippen molar-refractivity contribution in [2.75, 3.05) is 0 Å². The Bertz CT molecular complexity index is 548. The lowest BCUT2D eigenvalue weighted by molar-refractivity contribution is -0.121. The molecular formula is C16H21N3O. The highest BCUT2D eigenvalue weighted by Gasteiger charge is 2.19. The molecule has 0 spiro atoms. The van der Waals surface area contributed by atoms with Gasteiger partial charge >= 0.3 is 0 Å². The first-order chi connectivity index (χ1) is 9.72. The summed E-state index contributed by atoms with van der Waals surface area (Å²) in [7, 11) is 1.94. The number of benzene rings is 1. The van der Waals surface area contributed by atoms with Crippen LogP contribution in [0.25, 0.3) is 0 Å². The number of amides is 1. The number of carbonyl (C=O) groups is 1. The van der Waals surface area contributed by atoms with Gasteiger partial charge in [-0.05, 0) is 12.0 Å². The van der Waals surface area contributed by atoms with Gasteiger partial charge in [-0.2, -0.15) is 0 Å². The summed E-state index contributed by atoms with van der Waals surface area (Å²) in [4.78, 5) is 16.4. The van der Waals surface area contributed by atoms with Crippen LogP contribution in [0, 0.1) is 0 Å². The van der Waals surface area contributed by atoms with Crippen LogP contribution in [0.15, 0.2) is 42.7 Å². The van der Waals surface area contributed by atoms with Crippen LogP contribution >= 0.6 is 0 Å². The van der Waals surface area contributed by atoms with Crippen molar-refractivity contribution in [2.45, 2.75) is 32.2 Å². The number of aryl methyl sites for hydroxylation is 1. The molecule has 1 aromatic carbocycles. The fraction of sp³-hybridized carbons (Fsp3) is 0.375. The summed E-state index contributed by atoms with van der Waals surface area (Å²) in [5.41, 5.74) is 1.05. The summed E-state index contributed by atoms with van der Waals surface area (Å²) in [6.07, 6.45) is 6.14. The van der Waals surface area contributed by atoms with Gasteiger partial charge in [-0.15, -0.1) is 0 Å². The van der Waals surface area contributed by atoms with Gasteiger partial charge in [-0.3, -0.25) is 4.79 Å². The standard InChI is InChI=1S/C16H21N3O/c1-3-4-10-14(20)18-15(13-8-6-5-7-9-13)16-17-11-12-19(16)2/h5-9,11-12,15H,3-4,10H2,1-2H3,(H,18,20). The van der Waals surface area contributed by atoms with E-state index in [4.69, 9.17) is 0 Å². The Labute approximate surface area is 119 Å². The van der Waals surface area contributed by atoms with E-state index < -0.39 is 0 Å². The average Bonchev–Trinajstić information content (AvgIpc) is 2.89. The molecule has 0 radical (unpaired) electrons. The Kier molecular flexibility index (Phi) is 4.93. The average molecular weight is 271 g/mol. The minimum atomic E-state index is -0.194. The lowest BCUT2D eigenvalue weighted by Gasteiger charge is -2.19. The van der Waals surface area contributed by atoms with E-state index in [1.807, 2.05) is 48.1 Å². The van der Waals surface area contributed by atoms with E-state index >= 15 is 0 Å². The molecule has 0 aliphatic heterocycles. The van der Waals surface area contributed by atoms with Gasteiger partial charge in [0.25, 0.3) is 0 Å². The van der Waals surface area contributed by atoms with E-state index in [-0.39, 0.29) is 11.9 Å². The molecule has 1 amide bonds. The maximum absolute atomic E-state index is 12.0. The van der Waals surface area contributed by atoms with Crippen molar-refractivity contribution in [2.24, 2.45) is 7.05 Å². The molecule has 1 atom stereocenters. The fourth-order valence-corrected chi connectivity index (χ4v) is 2.17. The number of nitrogens with one attached hydrogen (secondary N) is 1. The van der Waals surface area contributed by atoms with E-state index in [0.29, 0.717) is 6.42 Å². The van der Waals surface area contributed by atoms with E-state index in [1.165, 1.54) is 0 Å². The van der Waals surface area contributed by atoms with E-state index in [9.17, 15) is 4.79 Å². The first kappa shape index (κ1) is 14.3. The third-order valence-corrected chi connectivity index (χ3v) is 3.31. The monoisotopic (exact) mass is 271 g/mol. The number of hydrogen-bond donors (Lipinski definition) is 1. The van der Waals surface area contributed by atoms with E-state index in [2.05, 4.69) is 17.2 Å². The number of imidazole rings is 1. The van der Waals surface area contributed by atoms with Crippen LogP contribution < -0.4 is 5.32 Å². The fourth-order valence-electron chi connectivity index (χ4n) is 2.17. The Morgan fingerprint density at radius 1 is 1.35 bits per heavy atom. The summed E-state index contributed by atoms with van der Waals surface area (Å²) in [6.45, 7) is 2.08. The van der Waals surface area contributed by atoms with Gasteiger partial charge in [0.15, 0.2) is 0 Å². The van der Waals surface area contributed by atoms with Crippen LogP contribution in [0.5, 0.6) is 0 Å². The summed E-state index contributed by atoms with van der Waals surface area (Å²) >= 11 is 0. The lowest BCUT2D eigenvalue weighted by Crippen LogP contribution is -2.30. The normalized spacial score (nSPS) is 12.1. The minimum Gasteiger partial charge on any atom is -0.342 e. The predicted molar refractivity (Wildman–Crippen MR) is 79.2 cm³/mol. The molecule has 2 aromatic rings. The van der Waals surface area contributed by atoms with Crippen molar-refractivity contribution in [1.82, 2.24) is 14.9 Å². The van der Waals surface area contributed by atoms with Gasteiger partial charge in [0, 0.05) is 25.9 Å². The molecule has 0 aliphatic carbocycles. The van der Waals surface area contributed by atoms with Gasteiger partial charge in [-0.1, -0.05) is 43.7 Å². The van der Waals surface area contributed by atoms with Crippen LogP contribution in [0.3, 0.4) is 0 Å². The van der Waals surface area contributed by atoms with Crippen LogP contribution in [-0.4, -0.2) is 15.5 Å². The number of aromatic nitrogens is 2. The van der Waals surface area contributed by atoms with Gasteiger partial charge in [-0.25, -0.2) is 4.98 Å². The molecular weight excluding hydrogens is 250 g/mol. The van der Waals surface area contributed by atoms with Gasteiger partial charge < -0.3 is 9.88 Å². The first-order valence-corrected chi connectivity index (χ1v) is 7.04. The quantitative estimate of drug-likeness (QED) is 0.878. The molecule has 2 rings (SSSR count). The van der Waals surface area contributed by atoms with Gasteiger partial charge in [0.2, 0.25) is 5.91 Å².